The number of fused-ring (bicyclic) bond motifs is 1. The van der Waals surface area contributed by atoms with Crippen molar-refractivity contribution in [2.24, 2.45) is 0 Å². The Bertz CT molecular complexity index is 449. The van der Waals surface area contributed by atoms with Crippen LogP contribution in [0.15, 0.2) is 23.6 Å². The third-order valence-corrected chi connectivity index (χ3v) is 3.59. The molecule has 0 aliphatic heterocycles. The first kappa shape index (κ1) is 9.97. The highest BCUT2D eigenvalue weighted by atomic mass is 35.5. The minimum atomic E-state index is 0.179. The van der Waals surface area contributed by atoms with E-state index in [0.717, 1.165) is 5.02 Å². The molecule has 0 bridgehead atoms. The van der Waals surface area contributed by atoms with E-state index in [1.807, 2.05) is 25.1 Å². The standard InChI is InChI=1S/C11H11ClOS/c1-7(5-13)10-6-14-11-3-2-8(12)4-9(10)11/h2-4,6-7,13H,5H2,1H3. The molecule has 14 heavy (non-hydrogen) atoms. The third kappa shape index (κ3) is 1.65. The van der Waals surface area contributed by atoms with Gasteiger partial charge in [0.2, 0.25) is 0 Å². The van der Waals surface area contributed by atoms with E-state index in [0.29, 0.717) is 0 Å². The Morgan fingerprint density at radius 3 is 3.00 bits per heavy atom. The molecule has 0 aliphatic carbocycles. The molecule has 1 aromatic heterocycles. The van der Waals surface area contributed by atoms with Gasteiger partial charge in [-0.15, -0.1) is 11.3 Å². The highest BCUT2D eigenvalue weighted by Gasteiger charge is 2.10. The van der Waals surface area contributed by atoms with Crippen LogP contribution in [0.2, 0.25) is 5.02 Å². The summed E-state index contributed by atoms with van der Waals surface area (Å²) < 4.78 is 1.23. The number of halogens is 1. The molecule has 0 amide bonds. The van der Waals surface area contributed by atoms with E-state index >= 15 is 0 Å². The number of rotatable bonds is 2. The first-order valence-corrected chi connectivity index (χ1v) is 5.75. The minimum Gasteiger partial charge on any atom is -0.396 e. The molecule has 2 rings (SSSR count). The second kappa shape index (κ2) is 3.89. The van der Waals surface area contributed by atoms with E-state index < -0.39 is 0 Å². The molecule has 0 aliphatic rings. The summed E-state index contributed by atoms with van der Waals surface area (Å²) in [5.41, 5.74) is 1.19. The van der Waals surface area contributed by atoms with E-state index in [9.17, 15) is 0 Å². The van der Waals surface area contributed by atoms with Crippen LogP contribution in [0.4, 0.5) is 0 Å². The molecule has 1 atom stereocenters. The van der Waals surface area contributed by atoms with Gasteiger partial charge in [-0.25, -0.2) is 0 Å². The molecular weight excluding hydrogens is 216 g/mol. The van der Waals surface area contributed by atoms with Gasteiger partial charge in [0, 0.05) is 22.2 Å². The van der Waals surface area contributed by atoms with Crippen LogP contribution in [0.1, 0.15) is 18.4 Å². The van der Waals surface area contributed by atoms with Crippen LogP contribution in [0.5, 0.6) is 0 Å². The summed E-state index contributed by atoms with van der Waals surface area (Å²) in [4.78, 5) is 0. The summed E-state index contributed by atoms with van der Waals surface area (Å²) in [7, 11) is 0. The molecule has 1 aromatic carbocycles. The Labute approximate surface area is 91.9 Å². The van der Waals surface area contributed by atoms with Gasteiger partial charge in [-0.3, -0.25) is 0 Å². The van der Waals surface area contributed by atoms with Crippen molar-refractivity contribution >= 4 is 33.0 Å². The van der Waals surface area contributed by atoms with E-state index in [2.05, 4.69) is 5.38 Å². The van der Waals surface area contributed by atoms with Gasteiger partial charge < -0.3 is 5.11 Å². The lowest BCUT2D eigenvalue weighted by atomic mass is 10.0. The lowest BCUT2D eigenvalue weighted by molar-refractivity contribution is 0.274. The molecular formula is C11H11ClOS. The Kier molecular flexibility index (Phi) is 2.77. The van der Waals surface area contributed by atoms with Crippen molar-refractivity contribution in [2.45, 2.75) is 12.8 Å². The monoisotopic (exact) mass is 226 g/mol. The molecule has 1 unspecified atom stereocenters. The van der Waals surface area contributed by atoms with E-state index in [1.165, 1.54) is 15.6 Å². The highest BCUT2D eigenvalue weighted by molar-refractivity contribution is 7.17. The van der Waals surface area contributed by atoms with Crippen LogP contribution in [0.3, 0.4) is 0 Å². The summed E-state index contributed by atoms with van der Waals surface area (Å²) in [6.07, 6.45) is 0. The van der Waals surface area contributed by atoms with Crippen LogP contribution >= 0.6 is 22.9 Å². The molecule has 3 heteroatoms. The van der Waals surface area contributed by atoms with Crippen molar-refractivity contribution in [2.75, 3.05) is 6.61 Å². The normalized spacial score (nSPS) is 13.4. The average molecular weight is 227 g/mol. The van der Waals surface area contributed by atoms with Crippen molar-refractivity contribution in [3.63, 3.8) is 0 Å². The fourth-order valence-electron chi connectivity index (χ4n) is 1.50. The lowest BCUT2D eigenvalue weighted by Crippen LogP contribution is -1.96. The van der Waals surface area contributed by atoms with Crippen molar-refractivity contribution in [1.29, 1.82) is 0 Å². The van der Waals surface area contributed by atoms with Gasteiger partial charge in [0.1, 0.15) is 0 Å². The molecule has 0 radical (unpaired) electrons. The maximum atomic E-state index is 9.11. The van der Waals surface area contributed by atoms with Gasteiger partial charge in [0.15, 0.2) is 0 Å². The number of hydrogen-bond donors (Lipinski definition) is 1. The number of benzene rings is 1. The zero-order chi connectivity index (χ0) is 10.1. The first-order valence-electron chi connectivity index (χ1n) is 4.50. The molecule has 1 nitrogen and oxygen atoms in total. The summed E-state index contributed by atoms with van der Waals surface area (Å²) in [6.45, 7) is 2.20. The molecule has 0 spiro atoms. The van der Waals surface area contributed by atoms with Crippen LogP contribution < -0.4 is 0 Å². The number of aliphatic hydroxyl groups is 1. The van der Waals surface area contributed by atoms with Gasteiger partial charge in [-0.1, -0.05) is 18.5 Å². The maximum Gasteiger partial charge on any atom is 0.0497 e. The van der Waals surface area contributed by atoms with Crippen molar-refractivity contribution in [3.05, 3.63) is 34.2 Å². The second-order valence-corrected chi connectivity index (χ2v) is 4.76. The molecule has 74 valence electrons. The van der Waals surface area contributed by atoms with Crippen molar-refractivity contribution in [1.82, 2.24) is 0 Å². The quantitative estimate of drug-likeness (QED) is 0.829. The Morgan fingerprint density at radius 1 is 1.50 bits per heavy atom. The predicted molar refractivity (Wildman–Crippen MR) is 62.3 cm³/mol. The SMILES string of the molecule is CC(CO)c1csc2ccc(Cl)cc12. The molecule has 1 heterocycles. The largest absolute Gasteiger partial charge is 0.396 e. The number of aliphatic hydroxyl groups excluding tert-OH is 1. The van der Waals surface area contributed by atoms with E-state index in [-0.39, 0.29) is 12.5 Å². The van der Waals surface area contributed by atoms with Gasteiger partial charge >= 0.3 is 0 Å². The summed E-state index contributed by atoms with van der Waals surface area (Å²) in [5, 5.41) is 13.1. The predicted octanol–water partition coefficient (Wildman–Crippen LogP) is 3.65. The van der Waals surface area contributed by atoms with Crippen LogP contribution in [-0.2, 0) is 0 Å². The maximum absolute atomic E-state index is 9.11. The Hall–Kier alpha value is -0.570. The Morgan fingerprint density at radius 2 is 2.29 bits per heavy atom. The average Bonchev–Trinajstić information content (AvgIpc) is 2.59. The summed E-state index contributed by atoms with van der Waals surface area (Å²) in [6, 6.07) is 5.89. The van der Waals surface area contributed by atoms with Crippen LogP contribution in [0.25, 0.3) is 10.1 Å². The lowest BCUT2D eigenvalue weighted by Gasteiger charge is -2.05. The zero-order valence-corrected chi connectivity index (χ0v) is 9.40. The van der Waals surface area contributed by atoms with Crippen LogP contribution in [0, 0.1) is 0 Å². The summed E-state index contributed by atoms with van der Waals surface area (Å²) in [5.74, 6) is 0.183. The Balaban J connectivity index is 2.61. The van der Waals surface area contributed by atoms with Crippen molar-refractivity contribution in [3.8, 4) is 0 Å². The number of hydrogen-bond acceptors (Lipinski definition) is 2. The molecule has 1 N–H and O–H groups in total. The zero-order valence-electron chi connectivity index (χ0n) is 7.83. The number of thiophene rings is 1. The molecule has 0 saturated carbocycles. The van der Waals surface area contributed by atoms with E-state index in [4.69, 9.17) is 16.7 Å². The smallest absolute Gasteiger partial charge is 0.0497 e. The second-order valence-electron chi connectivity index (χ2n) is 3.42. The fraction of sp³-hybridized carbons (Fsp3) is 0.273. The topological polar surface area (TPSA) is 20.2 Å². The summed E-state index contributed by atoms with van der Waals surface area (Å²) >= 11 is 7.63. The fourth-order valence-corrected chi connectivity index (χ4v) is 2.74. The highest BCUT2D eigenvalue weighted by Crippen LogP contribution is 2.32. The van der Waals surface area contributed by atoms with E-state index in [1.54, 1.807) is 11.3 Å². The molecule has 2 aromatic rings. The van der Waals surface area contributed by atoms with Crippen molar-refractivity contribution < 1.29 is 5.11 Å². The van der Waals surface area contributed by atoms with Gasteiger partial charge in [0.25, 0.3) is 0 Å². The van der Waals surface area contributed by atoms with Gasteiger partial charge in [-0.2, -0.15) is 0 Å². The minimum absolute atomic E-state index is 0.179. The van der Waals surface area contributed by atoms with Crippen LogP contribution in [-0.4, -0.2) is 11.7 Å². The molecule has 0 fully saturated rings. The van der Waals surface area contributed by atoms with Gasteiger partial charge in [-0.05, 0) is 34.5 Å². The van der Waals surface area contributed by atoms with Gasteiger partial charge in [0.05, 0.1) is 0 Å². The third-order valence-electron chi connectivity index (χ3n) is 2.37. The first-order chi connectivity index (χ1) is 6.72. The molecule has 0 saturated heterocycles.